The van der Waals surface area contributed by atoms with Crippen molar-refractivity contribution >= 4 is 11.3 Å². The second kappa shape index (κ2) is 6.89. The molecule has 1 rings (SSSR count). The molecule has 2 N–H and O–H groups in total. The summed E-state index contributed by atoms with van der Waals surface area (Å²) in [7, 11) is 1.65. The van der Waals surface area contributed by atoms with Crippen LogP contribution in [0.1, 0.15) is 4.88 Å². The van der Waals surface area contributed by atoms with Crippen molar-refractivity contribution in [1.29, 1.82) is 0 Å². The van der Waals surface area contributed by atoms with Gasteiger partial charge in [-0.3, -0.25) is 4.98 Å². The number of aromatic nitrogens is 1. The van der Waals surface area contributed by atoms with E-state index < -0.39 is 0 Å². The van der Waals surface area contributed by atoms with Gasteiger partial charge in [-0.25, -0.2) is 0 Å². The number of ether oxygens (including phenoxy) is 2. The SMILES string of the molecule is COCCOCC(N)Cc1cncs1. The number of nitrogens with zero attached hydrogens (tertiary/aromatic N) is 1. The minimum atomic E-state index is 0.0484. The van der Waals surface area contributed by atoms with Crippen LogP contribution in [-0.4, -0.2) is 38.0 Å². The van der Waals surface area contributed by atoms with E-state index in [1.54, 1.807) is 18.4 Å². The predicted octanol–water partition coefficient (Wildman–Crippen LogP) is 0.676. The normalized spacial score (nSPS) is 13.0. The molecule has 0 aliphatic heterocycles. The van der Waals surface area contributed by atoms with E-state index in [4.69, 9.17) is 15.2 Å². The smallest absolute Gasteiger partial charge is 0.0794 e. The third kappa shape index (κ3) is 4.66. The molecule has 80 valence electrons. The Morgan fingerprint density at radius 3 is 3.07 bits per heavy atom. The Morgan fingerprint density at radius 2 is 2.43 bits per heavy atom. The first-order valence-corrected chi connectivity index (χ1v) is 5.40. The van der Waals surface area contributed by atoms with Crippen LogP contribution in [0, 0.1) is 0 Å². The topological polar surface area (TPSA) is 57.4 Å². The fourth-order valence-corrected chi connectivity index (χ4v) is 1.73. The van der Waals surface area contributed by atoms with Gasteiger partial charge in [0.05, 0.1) is 25.3 Å². The first-order valence-electron chi connectivity index (χ1n) is 4.52. The van der Waals surface area contributed by atoms with E-state index in [-0.39, 0.29) is 6.04 Å². The van der Waals surface area contributed by atoms with E-state index in [1.165, 1.54) is 4.88 Å². The Hall–Kier alpha value is -0.490. The minimum Gasteiger partial charge on any atom is -0.382 e. The summed E-state index contributed by atoms with van der Waals surface area (Å²) in [6, 6.07) is 0.0484. The van der Waals surface area contributed by atoms with E-state index in [0.29, 0.717) is 19.8 Å². The molecule has 1 atom stereocenters. The highest BCUT2D eigenvalue weighted by Gasteiger charge is 2.05. The van der Waals surface area contributed by atoms with Gasteiger partial charge in [-0.2, -0.15) is 0 Å². The second-order valence-corrected chi connectivity index (χ2v) is 3.97. The van der Waals surface area contributed by atoms with Crippen LogP contribution in [0.2, 0.25) is 0 Å². The highest BCUT2D eigenvalue weighted by molar-refractivity contribution is 7.09. The van der Waals surface area contributed by atoms with Crippen molar-refractivity contribution in [2.24, 2.45) is 5.73 Å². The van der Waals surface area contributed by atoms with E-state index in [1.807, 2.05) is 11.7 Å². The summed E-state index contributed by atoms with van der Waals surface area (Å²) in [4.78, 5) is 5.19. The molecule has 0 fully saturated rings. The van der Waals surface area contributed by atoms with E-state index in [0.717, 1.165) is 6.42 Å². The number of hydrogen-bond donors (Lipinski definition) is 1. The molecule has 4 nitrogen and oxygen atoms in total. The van der Waals surface area contributed by atoms with Crippen LogP contribution in [0.25, 0.3) is 0 Å². The van der Waals surface area contributed by atoms with Crippen molar-refractivity contribution in [3.05, 3.63) is 16.6 Å². The molecule has 0 spiro atoms. The number of hydrogen-bond acceptors (Lipinski definition) is 5. The lowest BCUT2D eigenvalue weighted by Crippen LogP contribution is -2.28. The zero-order valence-corrected chi connectivity index (χ0v) is 9.13. The fraction of sp³-hybridized carbons (Fsp3) is 0.667. The van der Waals surface area contributed by atoms with E-state index in [2.05, 4.69) is 4.98 Å². The molecule has 5 heteroatoms. The first kappa shape index (κ1) is 11.6. The summed E-state index contributed by atoms with van der Waals surface area (Å²) >= 11 is 1.62. The lowest BCUT2D eigenvalue weighted by molar-refractivity contribution is 0.0638. The van der Waals surface area contributed by atoms with Crippen LogP contribution in [0.4, 0.5) is 0 Å². The van der Waals surface area contributed by atoms with Gasteiger partial charge in [-0.05, 0) is 0 Å². The molecule has 1 aromatic heterocycles. The average Bonchev–Trinajstić information content (AvgIpc) is 2.65. The third-order valence-electron chi connectivity index (χ3n) is 1.71. The van der Waals surface area contributed by atoms with Crippen LogP contribution >= 0.6 is 11.3 Å². The van der Waals surface area contributed by atoms with Crippen LogP contribution in [0.3, 0.4) is 0 Å². The molecule has 14 heavy (non-hydrogen) atoms. The molecule has 1 heterocycles. The molecular formula is C9H16N2O2S. The summed E-state index contributed by atoms with van der Waals surface area (Å²) in [5, 5.41) is 0. The quantitative estimate of drug-likeness (QED) is 0.681. The zero-order valence-electron chi connectivity index (χ0n) is 8.31. The average molecular weight is 216 g/mol. The van der Waals surface area contributed by atoms with Crippen molar-refractivity contribution in [2.75, 3.05) is 26.9 Å². The fourth-order valence-electron chi connectivity index (χ4n) is 1.04. The number of nitrogens with two attached hydrogens (primary N) is 1. The maximum absolute atomic E-state index is 5.86. The van der Waals surface area contributed by atoms with Gasteiger partial charge in [0.15, 0.2) is 0 Å². The molecule has 0 aliphatic rings. The molecule has 0 amide bonds. The van der Waals surface area contributed by atoms with Crippen molar-refractivity contribution in [3.8, 4) is 0 Å². The second-order valence-electron chi connectivity index (χ2n) is 3.00. The maximum atomic E-state index is 5.86. The lowest BCUT2D eigenvalue weighted by atomic mass is 10.2. The van der Waals surface area contributed by atoms with Gasteiger partial charge < -0.3 is 15.2 Å². The monoisotopic (exact) mass is 216 g/mol. The van der Waals surface area contributed by atoms with Crippen molar-refractivity contribution in [1.82, 2.24) is 4.98 Å². The van der Waals surface area contributed by atoms with Crippen LogP contribution < -0.4 is 5.73 Å². The standard InChI is InChI=1S/C9H16N2O2S/c1-12-2-3-13-6-8(10)4-9-5-11-7-14-9/h5,7-8H,2-4,6,10H2,1H3. The summed E-state index contributed by atoms with van der Waals surface area (Å²) in [6.45, 7) is 1.79. The summed E-state index contributed by atoms with van der Waals surface area (Å²) in [5.41, 5.74) is 7.67. The predicted molar refractivity (Wildman–Crippen MR) is 56.5 cm³/mol. The molecule has 1 aromatic rings. The summed E-state index contributed by atoms with van der Waals surface area (Å²) < 4.78 is 10.2. The van der Waals surface area contributed by atoms with Crippen LogP contribution in [0.5, 0.6) is 0 Å². The molecule has 0 saturated carbocycles. The molecule has 0 aliphatic carbocycles. The Morgan fingerprint density at radius 1 is 1.57 bits per heavy atom. The van der Waals surface area contributed by atoms with E-state index in [9.17, 15) is 0 Å². The molecule has 1 unspecified atom stereocenters. The van der Waals surface area contributed by atoms with Gasteiger partial charge in [0.2, 0.25) is 0 Å². The number of methoxy groups -OCH3 is 1. The highest BCUT2D eigenvalue weighted by Crippen LogP contribution is 2.07. The third-order valence-corrected chi connectivity index (χ3v) is 2.51. The lowest BCUT2D eigenvalue weighted by Gasteiger charge is -2.10. The Balaban J connectivity index is 2.07. The first-order chi connectivity index (χ1) is 6.83. The van der Waals surface area contributed by atoms with Crippen molar-refractivity contribution in [3.63, 3.8) is 0 Å². The number of thiazole rings is 1. The Bertz CT molecular complexity index is 229. The van der Waals surface area contributed by atoms with E-state index >= 15 is 0 Å². The van der Waals surface area contributed by atoms with Crippen molar-refractivity contribution in [2.45, 2.75) is 12.5 Å². The highest BCUT2D eigenvalue weighted by atomic mass is 32.1. The molecule has 0 aromatic carbocycles. The molecule has 0 radical (unpaired) electrons. The van der Waals surface area contributed by atoms with Gasteiger partial charge in [0.1, 0.15) is 0 Å². The molecular weight excluding hydrogens is 200 g/mol. The largest absolute Gasteiger partial charge is 0.382 e. The van der Waals surface area contributed by atoms with Gasteiger partial charge in [0, 0.05) is 30.6 Å². The summed E-state index contributed by atoms with van der Waals surface area (Å²) in [5.74, 6) is 0. The number of rotatable bonds is 7. The summed E-state index contributed by atoms with van der Waals surface area (Å²) in [6.07, 6.45) is 2.68. The zero-order chi connectivity index (χ0) is 10.2. The van der Waals surface area contributed by atoms with Gasteiger partial charge >= 0.3 is 0 Å². The Kier molecular flexibility index (Phi) is 5.70. The van der Waals surface area contributed by atoms with Crippen molar-refractivity contribution < 1.29 is 9.47 Å². The molecule has 0 bridgehead atoms. The van der Waals surface area contributed by atoms with Crippen LogP contribution in [0.15, 0.2) is 11.7 Å². The maximum Gasteiger partial charge on any atom is 0.0794 e. The van der Waals surface area contributed by atoms with Gasteiger partial charge in [0.25, 0.3) is 0 Å². The molecule has 0 saturated heterocycles. The minimum absolute atomic E-state index is 0.0484. The van der Waals surface area contributed by atoms with Crippen LogP contribution in [-0.2, 0) is 15.9 Å². The van der Waals surface area contributed by atoms with Gasteiger partial charge in [-0.15, -0.1) is 11.3 Å². The Labute approximate surface area is 88.0 Å². The van der Waals surface area contributed by atoms with Gasteiger partial charge in [-0.1, -0.05) is 0 Å².